The second-order valence-corrected chi connectivity index (χ2v) is 5.19. The van der Waals surface area contributed by atoms with Crippen LogP contribution < -0.4 is 0 Å². The molecule has 1 saturated heterocycles. The molecule has 1 aliphatic heterocycles. The van der Waals surface area contributed by atoms with Gasteiger partial charge in [0, 0.05) is 12.6 Å². The molecule has 1 rings (SSSR count). The van der Waals surface area contributed by atoms with Crippen LogP contribution in [-0.4, -0.2) is 49.6 Å². The molecule has 1 fully saturated rings. The van der Waals surface area contributed by atoms with E-state index in [2.05, 4.69) is 37.7 Å². The SMILES string of the molecule is CC(C)N1CCCC(CCN(C)C)C1. The van der Waals surface area contributed by atoms with Gasteiger partial charge in [-0.25, -0.2) is 0 Å². The summed E-state index contributed by atoms with van der Waals surface area (Å²) in [5, 5.41) is 0. The van der Waals surface area contributed by atoms with E-state index in [1.165, 1.54) is 38.9 Å². The number of piperidine rings is 1. The zero-order chi connectivity index (χ0) is 10.6. The van der Waals surface area contributed by atoms with Crippen molar-refractivity contribution in [3.05, 3.63) is 0 Å². The van der Waals surface area contributed by atoms with Crippen molar-refractivity contribution < 1.29 is 0 Å². The molecule has 0 N–H and O–H groups in total. The molecule has 1 aliphatic rings. The lowest BCUT2D eigenvalue weighted by atomic mass is 9.94. The first-order valence-electron chi connectivity index (χ1n) is 5.98. The average molecular weight is 198 g/mol. The molecule has 2 nitrogen and oxygen atoms in total. The van der Waals surface area contributed by atoms with Crippen molar-refractivity contribution in [2.45, 2.75) is 39.2 Å². The first-order chi connectivity index (χ1) is 6.59. The Morgan fingerprint density at radius 1 is 1.36 bits per heavy atom. The molecule has 0 saturated carbocycles. The molecule has 1 heterocycles. The van der Waals surface area contributed by atoms with Gasteiger partial charge in [-0.15, -0.1) is 0 Å². The fourth-order valence-corrected chi connectivity index (χ4v) is 2.24. The van der Waals surface area contributed by atoms with E-state index in [1.807, 2.05) is 0 Å². The van der Waals surface area contributed by atoms with E-state index < -0.39 is 0 Å². The molecule has 14 heavy (non-hydrogen) atoms. The molecule has 2 heteroatoms. The highest BCUT2D eigenvalue weighted by molar-refractivity contribution is 4.75. The molecule has 84 valence electrons. The Hall–Kier alpha value is -0.0800. The molecule has 0 aromatic carbocycles. The van der Waals surface area contributed by atoms with Gasteiger partial charge in [-0.05, 0) is 66.2 Å². The van der Waals surface area contributed by atoms with Crippen LogP contribution in [0.4, 0.5) is 0 Å². The maximum Gasteiger partial charge on any atom is 0.00387 e. The largest absolute Gasteiger partial charge is 0.309 e. The Labute approximate surface area is 89.3 Å². The quantitative estimate of drug-likeness (QED) is 0.682. The second kappa shape index (κ2) is 5.72. The summed E-state index contributed by atoms with van der Waals surface area (Å²) in [6.07, 6.45) is 4.21. The second-order valence-electron chi connectivity index (χ2n) is 5.19. The van der Waals surface area contributed by atoms with E-state index in [9.17, 15) is 0 Å². The summed E-state index contributed by atoms with van der Waals surface area (Å²) in [5.74, 6) is 0.938. The van der Waals surface area contributed by atoms with Crippen molar-refractivity contribution in [2.24, 2.45) is 5.92 Å². The monoisotopic (exact) mass is 198 g/mol. The molecule has 0 aliphatic carbocycles. The molecular weight excluding hydrogens is 172 g/mol. The number of hydrogen-bond acceptors (Lipinski definition) is 2. The van der Waals surface area contributed by atoms with Gasteiger partial charge < -0.3 is 9.80 Å². The lowest BCUT2D eigenvalue weighted by Crippen LogP contribution is -2.40. The third-order valence-electron chi connectivity index (χ3n) is 3.27. The zero-order valence-electron chi connectivity index (χ0n) is 10.3. The lowest BCUT2D eigenvalue weighted by molar-refractivity contribution is 0.130. The smallest absolute Gasteiger partial charge is 0.00387 e. The highest BCUT2D eigenvalue weighted by Gasteiger charge is 2.21. The molecule has 0 bridgehead atoms. The van der Waals surface area contributed by atoms with Crippen LogP contribution in [-0.2, 0) is 0 Å². The van der Waals surface area contributed by atoms with Crippen LogP contribution >= 0.6 is 0 Å². The number of nitrogens with zero attached hydrogens (tertiary/aromatic N) is 2. The third kappa shape index (κ3) is 3.97. The number of likely N-dealkylation sites (tertiary alicyclic amines) is 1. The number of hydrogen-bond donors (Lipinski definition) is 0. The summed E-state index contributed by atoms with van der Waals surface area (Å²) in [4.78, 5) is 4.93. The van der Waals surface area contributed by atoms with Crippen LogP contribution in [0.15, 0.2) is 0 Å². The van der Waals surface area contributed by atoms with Crippen molar-refractivity contribution in [2.75, 3.05) is 33.7 Å². The first-order valence-corrected chi connectivity index (χ1v) is 5.98. The Balaban J connectivity index is 2.25. The predicted octanol–water partition coefficient (Wildman–Crippen LogP) is 2.06. The highest BCUT2D eigenvalue weighted by atomic mass is 15.2. The molecule has 0 aromatic rings. The summed E-state index contributed by atoms with van der Waals surface area (Å²) >= 11 is 0. The average Bonchev–Trinajstić information content (AvgIpc) is 2.15. The Morgan fingerprint density at radius 2 is 2.07 bits per heavy atom. The highest BCUT2D eigenvalue weighted by Crippen LogP contribution is 2.21. The zero-order valence-corrected chi connectivity index (χ0v) is 10.3. The lowest BCUT2D eigenvalue weighted by Gasteiger charge is -2.35. The maximum absolute atomic E-state index is 2.63. The van der Waals surface area contributed by atoms with E-state index in [0.717, 1.165) is 12.0 Å². The standard InChI is InChI=1S/C12H26N2/c1-11(2)14-8-5-6-12(10-14)7-9-13(3)4/h11-12H,5-10H2,1-4H3. The predicted molar refractivity (Wildman–Crippen MR) is 62.6 cm³/mol. The summed E-state index contributed by atoms with van der Waals surface area (Å²) in [5.41, 5.74) is 0. The minimum atomic E-state index is 0.733. The molecule has 1 unspecified atom stereocenters. The van der Waals surface area contributed by atoms with Crippen LogP contribution in [0.3, 0.4) is 0 Å². The molecule has 0 spiro atoms. The minimum absolute atomic E-state index is 0.733. The normalized spacial score (nSPS) is 24.9. The van der Waals surface area contributed by atoms with Crippen molar-refractivity contribution in [3.63, 3.8) is 0 Å². The summed E-state index contributed by atoms with van der Waals surface area (Å²) in [6, 6.07) is 0.733. The fourth-order valence-electron chi connectivity index (χ4n) is 2.24. The molecular formula is C12H26N2. The van der Waals surface area contributed by atoms with Gasteiger partial charge >= 0.3 is 0 Å². The Bertz CT molecular complexity index is 154. The van der Waals surface area contributed by atoms with E-state index in [0.29, 0.717) is 0 Å². The summed E-state index contributed by atoms with van der Waals surface area (Å²) in [6.45, 7) is 8.51. The topological polar surface area (TPSA) is 6.48 Å². The van der Waals surface area contributed by atoms with Gasteiger partial charge in [0.15, 0.2) is 0 Å². The first kappa shape index (κ1) is 12.0. The van der Waals surface area contributed by atoms with E-state index in [1.54, 1.807) is 0 Å². The van der Waals surface area contributed by atoms with Crippen LogP contribution in [0.5, 0.6) is 0 Å². The molecule has 1 atom stereocenters. The molecule has 0 radical (unpaired) electrons. The van der Waals surface area contributed by atoms with Crippen LogP contribution in [0, 0.1) is 5.92 Å². The van der Waals surface area contributed by atoms with Gasteiger partial charge in [-0.2, -0.15) is 0 Å². The van der Waals surface area contributed by atoms with Gasteiger partial charge in [0.1, 0.15) is 0 Å². The Morgan fingerprint density at radius 3 is 2.64 bits per heavy atom. The van der Waals surface area contributed by atoms with Crippen molar-refractivity contribution >= 4 is 0 Å². The van der Waals surface area contributed by atoms with Gasteiger partial charge in [-0.3, -0.25) is 0 Å². The van der Waals surface area contributed by atoms with Gasteiger partial charge in [0.05, 0.1) is 0 Å². The van der Waals surface area contributed by atoms with E-state index >= 15 is 0 Å². The maximum atomic E-state index is 2.63. The van der Waals surface area contributed by atoms with Gasteiger partial charge in [0.2, 0.25) is 0 Å². The van der Waals surface area contributed by atoms with E-state index in [4.69, 9.17) is 0 Å². The summed E-state index contributed by atoms with van der Waals surface area (Å²) in [7, 11) is 4.34. The van der Waals surface area contributed by atoms with Crippen LogP contribution in [0.25, 0.3) is 0 Å². The van der Waals surface area contributed by atoms with Gasteiger partial charge in [-0.1, -0.05) is 0 Å². The summed E-state index contributed by atoms with van der Waals surface area (Å²) < 4.78 is 0. The number of rotatable bonds is 4. The fraction of sp³-hybridized carbons (Fsp3) is 1.00. The van der Waals surface area contributed by atoms with E-state index in [-0.39, 0.29) is 0 Å². The van der Waals surface area contributed by atoms with Crippen LogP contribution in [0.1, 0.15) is 33.1 Å². The van der Waals surface area contributed by atoms with Crippen molar-refractivity contribution in [1.82, 2.24) is 9.80 Å². The van der Waals surface area contributed by atoms with Gasteiger partial charge in [0.25, 0.3) is 0 Å². The Kier molecular flexibility index (Phi) is 4.90. The van der Waals surface area contributed by atoms with Crippen LogP contribution in [0.2, 0.25) is 0 Å². The van der Waals surface area contributed by atoms with Crippen molar-refractivity contribution in [3.8, 4) is 0 Å². The third-order valence-corrected chi connectivity index (χ3v) is 3.27. The molecule has 0 aromatic heterocycles. The minimum Gasteiger partial charge on any atom is -0.309 e. The van der Waals surface area contributed by atoms with Crippen molar-refractivity contribution in [1.29, 1.82) is 0 Å². The molecule has 0 amide bonds.